The molecule has 1 aromatic rings. The molecule has 0 fully saturated rings. The van der Waals surface area contributed by atoms with Gasteiger partial charge in [0.05, 0.1) is 5.56 Å². The van der Waals surface area contributed by atoms with Gasteiger partial charge < -0.3 is 20.9 Å². The predicted octanol–water partition coefficient (Wildman–Crippen LogP) is 1.49. The van der Waals surface area contributed by atoms with E-state index in [1.54, 1.807) is 20.8 Å². The maximum absolute atomic E-state index is 11.7. The van der Waals surface area contributed by atoms with Crippen LogP contribution in [-0.2, 0) is 9.47 Å². The Balaban J connectivity index is 2.46. The van der Waals surface area contributed by atoms with Crippen molar-refractivity contribution in [1.29, 1.82) is 0 Å². The molecule has 0 aliphatic carbocycles. The molecule has 0 aliphatic rings. The third-order valence-electron chi connectivity index (χ3n) is 2.03. The van der Waals surface area contributed by atoms with Crippen molar-refractivity contribution in [3.8, 4) is 0 Å². The second kappa shape index (κ2) is 6.14. The van der Waals surface area contributed by atoms with Gasteiger partial charge in [0.15, 0.2) is 6.73 Å². The van der Waals surface area contributed by atoms with E-state index in [9.17, 15) is 9.59 Å². The molecule has 20 heavy (non-hydrogen) atoms. The molecule has 0 aromatic heterocycles. The van der Waals surface area contributed by atoms with E-state index in [2.05, 4.69) is 5.32 Å². The van der Waals surface area contributed by atoms with E-state index >= 15 is 0 Å². The number of anilines is 2. The molecule has 7 heteroatoms. The summed E-state index contributed by atoms with van der Waals surface area (Å²) < 4.78 is 9.84. The molecule has 0 aliphatic heterocycles. The van der Waals surface area contributed by atoms with Gasteiger partial charge in [-0.25, -0.2) is 9.59 Å². The summed E-state index contributed by atoms with van der Waals surface area (Å²) in [5.41, 5.74) is 11.5. The second-order valence-corrected chi connectivity index (χ2v) is 5.14. The number of ether oxygens (including phenoxy) is 2. The van der Waals surface area contributed by atoms with Gasteiger partial charge in [-0.05, 0) is 39.0 Å². The molecule has 0 atom stereocenters. The number of carbonyl (C=O) groups excluding carboxylic acids is 2. The lowest BCUT2D eigenvalue weighted by atomic mass is 10.2. The van der Waals surface area contributed by atoms with Gasteiger partial charge in [0, 0.05) is 11.4 Å². The van der Waals surface area contributed by atoms with Gasteiger partial charge in [-0.2, -0.15) is 0 Å². The fourth-order valence-electron chi connectivity index (χ4n) is 1.35. The fraction of sp³-hybridized carbons (Fsp3) is 0.385. The molecular formula is C13H19N3O4. The molecule has 1 rings (SSSR count). The lowest BCUT2D eigenvalue weighted by molar-refractivity contribution is 0.0340. The van der Waals surface area contributed by atoms with Crippen LogP contribution in [0, 0.1) is 0 Å². The average molecular weight is 281 g/mol. The van der Waals surface area contributed by atoms with Crippen molar-refractivity contribution >= 4 is 23.4 Å². The van der Waals surface area contributed by atoms with Gasteiger partial charge in [-0.1, -0.05) is 0 Å². The molecule has 0 bridgehead atoms. The van der Waals surface area contributed by atoms with Crippen molar-refractivity contribution in [3.05, 3.63) is 23.8 Å². The highest BCUT2D eigenvalue weighted by molar-refractivity contribution is 5.91. The number of hydrogen-bond donors (Lipinski definition) is 3. The minimum absolute atomic E-state index is 0.216. The first-order chi connectivity index (χ1) is 9.17. The van der Waals surface area contributed by atoms with E-state index in [0.717, 1.165) is 0 Å². The molecule has 1 aromatic carbocycles. The zero-order chi connectivity index (χ0) is 15.3. The Hall–Kier alpha value is -2.44. The summed E-state index contributed by atoms with van der Waals surface area (Å²) in [7, 11) is 0. The van der Waals surface area contributed by atoms with E-state index in [0.29, 0.717) is 11.4 Å². The average Bonchev–Trinajstić information content (AvgIpc) is 2.24. The van der Waals surface area contributed by atoms with E-state index in [4.69, 9.17) is 20.9 Å². The van der Waals surface area contributed by atoms with Crippen molar-refractivity contribution in [2.75, 3.05) is 18.2 Å². The summed E-state index contributed by atoms with van der Waals surface area (Å²) in [5, 5.41) is 2.30. The Labute approximate surface area is 117 Å². The quantitative estimate of drug-likeness (QED) is 0.439. The summed E-state index contributed by atoms with van der Waals surface area (Å²) in [4.78, 5) is 23.0. The highest BCUT2D eigenvalue weighted by atomic mass is 16.6. The lowest BCUT2D eigenvalue weighted by Gasteiger charge is -2.19. The Bertz CT molecular complexity index is 489. The summed E-state index contributed by atoms with van der Waals surface area (Å²) in [5.74, 6) is -0.639. The highest BCUT2D eigenvalue weighted by Gasteiger charge is 2.16. The number of nitrogens with one attached hydrogen (secondary N) is 1. The minimum Gasteiger partial charge on any atom is -0.444 e. The van der Waals surface area contributed by atoms with E-state index in [1.165, 1.54) is 18.2 Å². The predicted molar refractivity (Wildman–Crippen MR) is 74.9 cm³/mol. The first kappa shape index (κ1) is 15.6. The van der Waals surface area contributed by atoms with Crippen LogP contribution in [0.1, 0.15) is 31.1 Å². The van der Waals surface area contributed by atoms with Gasteiger partial charge in [0.2, 0.25) is 0 Å². The lowest BCUT2D eigenvalue weighted by Crippen LogP contribution is -2.34. The van der Waals surface area contributed by atoms with Crippen LogP contribution >= 0.6 is 0 Å². The van der Waals surface area contributed by atoms with Gasteiger partial charge in [-0.3, -0.25) is 5.32 Å². The van der Waals surface area contributed by atoms with Crippen LogP contribution in [-0.4, -0.2) is 24.4 Å². The molecule has 0 radical (unpaired) electrons. The number of hydrogen-bond acceptors (Lipinski definition) is 6. The number of carbonyl (C=O) groups is 2. The van der Waals surface area contributed by atoms with E-state index in [1.807, 2.05) is 0 Å². The maximum atomic E-state index is 11.7. The number of nitrogens with two attached hydrogens (primary N) is 2. The maximum Gasteiger partial charge on any atom is 0.410 e. The monoisotopic (exact) mass is 281 g/mol. The number of amides is 1. The van der Waals surface area contributed by atoms with Crippen LogP contribution < -0.4 is 16.8 Å². The standard InChI is InChI=1S/C13H19N3O4/c1-13(2,3)20-12(18)16-7-19-11(17)8-4-9(14)6-10(15)5-8/h4-6H,7,14-15H2,1-3H3,(H,16,18). The minimum atomic E-state index is -0.669. The SMILES string of the molecule is CC(C)(C)OC(=O)NCOC(=O)c1cc(N)cc(N)c1. The van der Waals surface area contributed by atoms with Crippen LogP contribution in [0.2, 0.25) is 0 Å². The molecule has 0 saturated heterocycles. The molecule has 0 unspecified atom stereocenters. The topological polar surface area (TPSA) is 117 Å². The Kier molecular flexibility index (Phi) is 4.79. The molecule has 0 heterocycles. The Morgan fingerprint density at radius 3 is 2.20 bits per heavy atom. The number of esters is 1. The van der Waals surface area contributed by atoms with Crippen molar-refractivity contribution < 1.29 is 19.1 Å². The third kappa shape index (κ3) is 5.47. The molecule has 0 saturated carbocycles. The van der Waals surface area contributed by atoms with Gasteiger partial charge in [-0.15, -0.1) is 0 Å². The Morgan fingerprint density at radius 1 is 1.15 bits per heavy atom. The zero-order valence-corrected chi connectivity index (χ0v) is 11.7. The number of rotatable bonds is 3. The molecule has 110 valence electrons. The highest BCUT2D eigenvalue weighted by Crippen LogP contribution is 2.14. The number of nitrogen functional groups attached to an aromatic ring is 2. The van der Waals surface area contributed by atoms with E-state index < -0.39 is 17.7 Å². The summed E-state index contributed by atoms with van der Waals surface area (Å²) >= 11 is 0. The van der Waals surface area contributed by atoms with Crippen molar-refractivity contribution in [2.45, 2.75) is 26.4 Å². The van der Waals surface area contributed by atoms with Crippen molar-refractivity contribution in [2.24, 2.45) is 0 Å². The Morgan fingerprint density at radius 2 is 1.70 bits per heavy atom. The molecule has 0 spiro atoms. The summed E-state index contributed by atoms with van der Waals surface area (Å²) in [6.07, 6.45) is -0.669. The zero-order valence-electron chi connectivity index (χ0n) is 11.7. The largest absolute Gasteiger partial charge is 0.444 e. The molecular weight excluding hydrogens is 262 g/mol. The second-order valence-electron chi connectivity index (χ2n) is 5.14. The number of benzene rings is 1. The molecule has 1 amide bonds. The van der Waals surface area contributed by atoms with Crippen LogP contribution in [0.25, 0.3) is 0 Å². The molecule has 5 N–H and O–H groups in total. The summed E-state index contributed by atoms with van der Waals surface area (Å²) in [6.45, 7) is 4.89. The van der Waals surface area contributed by atoms with Crippen LogP contribution in [0.3, 0.4) is 0 Å². The summed E-state index contributed by atoms with van der Waals surface area (Å²) in [6, 6.07) is 4.40. The van der Waals surface area contributed by atoms with Crippen LogP contribution in [0.5, 0.6) is 0 Å². The third-order valence-corrected chi connectivity index (χ3v) is 2.03. The normalized spacial score (nSPS) is 10.8. The van der Waals surface area contributed by atoms with Crippen molar-refractivity contribution in [1.82, 2.24) is 5.32 Å². The first-order valence-electron chi connectivity index (χ1n) is 5.97. The van der Waals surface area contributed by atoms with Crippen LogP contribution in [0.15, 0.2) is 18.2 Å². The smallest absolute Gasteiger partial charge is 0.410 e. The van der Waals surface area contributed by atoms with Crippen molar-refractivity contribution in [3.63, 3.8) is 0 Å². The number of alkyl carbamates (subject to hydrolysis) is 1. The first-order valence-corrected chi connectivity index (χ1v) is 5.97. The van der Waals surface area contributed by atoms with Gasteiger partial charge in [0.25, 0.3) is 0 Å². The van der Waals surface area contributed by atoms with E-state index in [-0.39, 0.29) is 12.3 Å². The van der Waals surface area contributed by atoms with Crippen LogP contribution in [0.4, 0.5) is 16.2 Å². The van der Waals surface area contributed by atoms with Gasteiger partial charge in [0.1, 0.15) is 5.60 Å². The fourth-order valence-corrected chi connectivity index (χ4v) is 1.35. The van der Waals surface area contributed by atoms with Gasteiger partial charge >= 0.3 is 12.1 Å². The molecule has 7 nitrogen and oxygen atoms in total.